The smallest absolute Gasteiger partial charge is 0.262 e. The molecule has 2 heterocycles. The number of aryl methyl sites for hydroxylation is 1. The van der Waals surface area contributed by atoms with Crippen LogP contribution in [0.25, 0.3) is 5.69 Å². The molecule has 9 heteroatoms. The molecule has 30 heavy (non-hydrogen) atoms. The Hall–Kier alpha value is -3.88. The largest absolute Gasteiger partial charge is 0.324 e. The second-order valence-corrected chi connectivity index (χ2v) is 7.46. The Morgan fingerprint density at radius 1 is 1.03 bits per heavy atom. The fraction of sp³-hybridized carbons (Fsp3) is 0.238. The van der Waals surface area contributed by atoms with Gasteiger partial charge in [0.25, 0.3) is 11.8 Å². The molecular weight excluding hydrogens is 384 g/mol. The number of hydrogen-bond acceptors (Lipinski definition) is 6. The van der Waals surface area contributed by atoms with Crippen LogP contribution in [-0.4, -0.2) is 48.9 Å². The molecule has 3 amide bonds. The predicted molar refractivity (Wildman–Crippen MR) is 108 cm³/mol. The first-order valence-corrected chi connectivity index (χ1v) is 9.50. The fourth-order valence-electron chi connectivity index (χ4n) is 3.66. The van der Waals surface area contributed by atoms with Gasteiger partial charge in [0.05, 0.1) is 16.8 Å². The first-order valence-electron chi connectivity index (χ1n) is 9.50. The maximum absolute atomic E-state index is 13.1. The van der Waals surface area contributed by atoms with E-state index in [1.807, 2.05) is 6.92 Å². The van der Waals surface area contributed by atoms with Crippen molar-refractivity contribution >= 4 is 23.4 Å². The van der Waals surface area contributed by atoms with Crippen LogP contribution >= 0.6 is 0 Å². The van der Waals surface area contributed by atoms with Gasteiger partial charge in [0.2, 0.25) is 5.91 Å². The molecule has 1 unspecified atom stereocenters. The molecule has 3 aromatic rings. The quantitative estimate of drug-likeness (QED) is 0.653. The molecule has 0 spiro atoms. The monoisotopic (exact) mass is 404 g/mol. The molecule has 0 aliphatic carbocycles. The molecule has 0 saturated carbocycles. The number of benzene rings is 2. The Morgan fingerprint density at radius 3 is 2.23 bits per heavy atom. The summed E-state index contributed by atoms with van der Waals surface area (Å²) < 4.78 is 1.52. The number of rotatable bonds is 5. The molecule has 1 aromatic heterocycles. The second-order valence-electron chi connectivity index (χ2n) is 7.46. The number of tetrazole rings is 1. The van der Waals surface area contributed by atoms with Crippen LogP contribution in [0.15, 0.2) is 48.8 Å². The number of nitrogens with one attached hydrogen (secondary N) is 1. The Morgan fingerprint density at radius 2 is 1.70 bits per heavy atom. The van der Waals surface area contributed by atoms with Crippen molar-refractivity contribution in [2.75, 3.05) is 5.32 Å². The standard InChI is InChI=1S/C21H20N6O3/c1-12(2)18(27-20(29)15-6-4-5-7-16(15)21(27)30)19(28)23-14-8-9-17(13(3)10-14)26-11-22-24-25-26/h4-12,18H,1-3H3,(H,23,28). The van der Waals surface area contributed by atoms with Gasteiger partial charge in [-0.15, -0.1) is 5.10 Å². The van der Waals surface area contributed by atoms with Crippen molar-refractivity contribution in [2.24, 2.45) is 5.92 Å². The van der Waals surface area contributed by atoms with Crippen molar-refractivity contribution in [2.45, 2.75) is 26.8 Å². The molecule has 4 rings (SSSR count). The van der Waals surface area contributed by atoms with E-state index in [1.54, 1.807) is 56.3 Å². The number of carbonyl (C=O) groups excluding carboxylic acids is 3. The van der Waals surface area contributed by atoms with Gasteiger partial charge in [0.15, 0.2) is 0 Å². The average Bonchev–Trinajstić information content (AvgIpc) is 3.32. The number of hydrogen-bond donors (Lipinski definition) is 1. The normalized spacial score (nSPS) is 14.2. The van der Waals surface area contributed by atoms with E-state index < -0.39 is 23.8 Å². The molecule has 2 aromatic carbocycles. The Labute approximate surface area is 172 Å². The van der Waals surface area contributed by atoms with E-state index in [-0.39, 0.29) is 5.92 Å². The van der Waals surface area contributed by atoms with Crippen LogP contribution in [0, 0.1) is 12.8 Å². The topological polar surface area (TPSA) is 110 Å². The lowest BCUT2D eigenvalue weighted by atomic mass is 10.0. The van der Waals surface area contributed by atoms with E-state index in [2.05, 4.69) is 20.8 Å². The van der Waals surface area contributed by atoms with Gasteiger partial charge in [-0.1, -0.05) is 26.0 Å². The Bertz CT molecular complexity index is 1100. The van der Waals surface area contributed by atoms with Crippen molar-refractivity contribution < 1.29 is 14.4 Å². The molecule has 1 aliphatic heterocycles. The van der Waals surface area contributed by atoms with Crippen LogP contribution in [0.1, 0.15) is 40.1 Å². The summed E-state index contributed by atoms with van der Waals surface area (Å²) in [4.78, 5) is 39.9. The Kier molecular flexibility index (Phi) is 4.86. The van der Waals surface area contributed by atoms with Crippen LogP contribution in [0.3, 0.4) is 0 Å². The number of fused-ring (bicyclic) bond motifs is 1. The van der Waals surface area contributed by atoms with E-state index in [1.165, 1.54) is 11.0 Å². The van der Waals surface area contributed by atoms with Gasteiger partial charge in [0.1, 0.15) is 12.4 Å². The van der Waals surface area contributed by atoms with Crippen molar-refractivity contribution in [1.82, 2.24) is 25.1 Å². The molecule has 1 aliphatic rings. The third kappa shape index (κ3) is 3.24. The first-order chi connectivity index (χ1) is 14.4. The van der Waals surface area contributed by atoms with Gasteiger partial charge >= 0.3 is 0 Å². The fourth-order valence-corrected chi connectivity index (χ4v) is 3.66. The SMILES string of the molecule is Cc1cc(NC(=O)C(C(C)C)N2C(=O)c3ccccc3C2=O)ccc1-n1cnnn1. The number of aromatic nitrogens is 4. The minimum Gasteiger partial charge on any atom is -0.324 e. The summed E-state index contributed by atoms with van der Waals surface area (Å²) in [6.07, 6.45) is 1.48. The van der Waals surface area contributed by atoms with Gasteiger partial charge in [-0.25, -0.2) is 4.68 Å². The van der Waals surface area contributed by atoms with Crippen LogP contribution < -0.4 is 5.32 Å². The van der Waals surface area contributed by atoms with Gasteiger partial charge < -0.3 is 5.32 Å². The summed E-state index contributed by atoms with van der Waals surface area (Å²) in [7, 11) is 0. The van der Waals surface area contributed by atoms with Crippen molar-refractivity contribution in [3.8, 4) is 5.69 Å². The van der Waals surface area contributed by atoms with E-state index in [0.717, 1.165) is 16.2 Å². The van der Waals surface area contributed by atoms with Crippen molar-refractivity contribution in [3.63, 3.8) is 0 Å². The van der Waals surface area contributed by atoms with E-state index in [4.69, 9.17) is 0 Å². The number of carbonyl (C=O) groups is 3. The zero-order chi connectivity index (χ0) is 21.4. The molecule has 0 radical (unpaired) electrons. The lowest BCUT2D eigenvalue weighted by Gasteiger charge is -2.28. The number of nitrogens with zero attached hydrogens (tertiary/aromatic N) is 5. The summed E-state index contributed by atoms with van der Waals surface area (Å²) in [6, 6.07) is 11.0. The van der Waals surface area contributed by atoms with Crippen LogP contribution in [0.4, 0.5) is 5.69 Å². The minimum atomic E-state index is -0.933. The van der Waals surface area contributed by atoms with E-state index in [9.17, 15) is 14.4 Å². The minimum absolute atomic E-state index is 0.270. The number of amides is 3. The van der Waals surface area contributed by atoms with Crippen molar-refractivity contribution in [1.29, 1.82) is 0 Å². The summed E-state index contributed by atoms with van der Waals surface area (Å²) in [5.41, 5.74) is 2.82. The lowest BCUT2D eigenvalue weighted by molar-refractivity contribution is -0.121. The number of anilines is 1. The third-order valence-electron chi connectivity index (χ3n) is 5.06. The lowest BCUT2D eigenvalue weighted by Crippen LogP contribution is -2.50. The average molecular weight is 404 g/mol. The highest BCUT2D eigenvalue weighted by Crippen LogP contribution is 2.28. The Balaban J connectivity index is 1.59. The summed E-state index contributed by atoms with van der Waals surface area (Å²) in [5, 5.41) is 13.9. The number of imide groups is 1. The molecule has 0 saturated heterocycles. The first kappa shape index (κ1) is 19.4. The predicted octanol–water partition coefficient (Wildman–Crippen LogP) is 2.23. The molecule has 1 atom stereocenters. The van der Waals surface area contributed by atoms with Crippen molar-refractivity contribution in [3.05, 3.63) is 65.5 Å². The summed E-state index contributed by atoms with van der Waals surface area (Å²) >= 11 is 0. The van der Waals surface area contributed by atoms with Crippen LogP contribution in [0.2, 0.25) is 0 Å². The molecular formula is C21H20N6O3. The highest BCUT2D eigenvalue weighted by Gasteiger charge is 2.43. The van der Waals surface area contributed by atoms with Crippen LogP contribution in [0.5, 0.6) is 0 Å². The molecule has 0 fully saturated rings. The van der Waals surface area contributed by atoms with Gasteiger partial charge in [-0.2, -0.15) is 0 Å². The zero-order valence-electron chi connectivity index (χ0n) is 16.7. The molecule has 0 bridgehead atoms. The van der Waals surface area contributed by atoms with Gasteiger partial charge in [-0.05, 0) is 59.2 Å². The maximum atomic E-state index is 13.1. The summed E-state index contributed by atoms with van der Waals surface area (Å²) in [6.45, 7) is 5.48. The van der Waals surface area contributed by atoms with E-state index >= 15 is 0 Å². The van der Waals surface area contributed by atoms with E-state index in [0.29, 0.717) is 16.8 Å². The highest BCUT2D eigenvalue weighted by atomic mass is 16.2. The molecule has 9 nitrogen and oxygen atoms in total. The maximum Gasteiger partial charge on any atom is 0.262 e. The highest BCUT2D eigenvalue weighted by molar-refractivity contribution is 6.23. The van der Waals surface area contributed by atoms with Gasteiger partial charge in [0, 0.05) is 5.69 Å². The summed E-state index contributed by atoms with van der Waals surface area (Å²) in [5.74, 6) is -1.59. The second kappa shape index (κ2) is 7.51. The third-order valence-corrected chi connectivity index (χ3v) is 5.06. The molecule has 152 valence electrons. The zero-order valence-corrected chi connectivity index (χ0v) is 16.7. The van der Waals surface area contributed by atoms with Crippen LogP contribution in [-0.2, 0) is 4.79 Å². The van der Waals surface area contributed by atoms with Gasteiger partial charge in [-0.3, -0.25) is 19.3 Å². The molecule has 1 N–H and O–H groups in total.